The molecule has 4 heteroatoms. The van der Waals surface area contributed by atoms with Crippen LogP contribution in [0, 0.1) is 6.92 Å². The van der Waals surface area contributed by atoms with E-state index in [9.17, 15) is 4.79 Å². The second-order valence-corrected chi connectivity index (χ2v) is 5.37. The number of carbonyl (C=O) groups excluding carboxylic acids is 1. The first-order valence-electron chi connectivity index (χ1n) is 4.85. The number of nitrogens with two attached hydrogens (primary N) is 1. The smallest absolute Gasteiger partial charge is 0.339 e. The molecule has 0 aliphatic heterocycles. The van der Waals surface area contributed by atoms with Crippen molar-refractivity contribution in [2.24, 2.45) is 5.73 Å². The minimum absolute atomic E-state index is 0.268. The zero-order valence-electron chi connectivity index (χ0n) is 9.59. The third kappa shape index (κ3) is 3.04. The summed E-state index contributed by atoms with van der Waals surface area (Å²) in [6.45, 7) is 7.95. The van der Waals surface area contributed by atoms with Crippen LogP contribution < -0.4 is 5.73 Å². The molecular weight excluding hydrogens is 210 g/mol. The van der Waals surface area contributed by atoms with Gasteiger partial charge in [0.05, 0.1) is 5.56 Å². The van der Waals surface area contributed by atoms with Crippen molar-refractivity contribution in [3.8, 4) is 0 Å². The summed E-state index contributed by atoms with van der Waals surface area (Å²) in [5.74, 6) is -0.268. The SMILES string of the molecule is Cc1c(C(=O)OC(C)(C)C)csc1CN. The first-order chi connectivity index (χ1) is 6.85. The Balaban J connectivity index is 2.88. The van der Waals surface area contributed by atoms with Gasteiger partial charge in [0.15, 0.2) is 0 Å². The van der Waals surface area contributed by atoms with Crippen molar-refractivity contribution >= 4 is 17.3 Å². The first-order valence-corrected chi connectivity index (χ1v) is 5.73. The summed E-state index contributed by atoms with van der Waals surface area (Å²) in [7, 11) is 0. The first kappa shape index (κ1) is 12.2. The third-order valence-electron chi connectivity index (χ3n) is 1.95. The van der Waals surface area contributed by atoms with E-state index in [4.69, 9.17) is 10.5 Å². The Morgan fingerprint density at radius 1 is 1.53 bits per heavy atom. The monoisotopic (exact) mass is 227 g/mol. The second kappa shape index (κ2) is 4.33. The summed E-state index contributed by atoms with van der Waals surface area (Å²) in [6, 6.07) is 0. The normalized spacial score (nSPS) is 11.5. The lowest BCUT2D eigenvalue weighted by molar-refractivity contribution is 0.00693. The molecule has 15 heavy (non-hydrogen) atoms. The van der Waals surface area contributed by atoms with Crippen LogP contribution >= 0.6 is 11.3 Å². The molecule has 0 saturated heterocycles. The molecule has 0 aliphatic carbocycles. The average Bonchev–Trinajstić information content (AvgIpc) is 2.43. The van der Waals surface area contributed by atoms with E-state index in [1.54, 1.807) is 0 Å². The van der Waals surface area contributed by atoms with Gasteiger partial charge in [0.25, 0.3) is 0 Å². The Kier molecular flexibility index (Phi) is 3.52. The van der Waals surface area contributed by atoms with E-state index < -0.39 is 5.60 Å². The van der Waals surface area contributed by atoms with Gasteiger partial charge < -0.3 is 10.5 Å². The molecule has 0 aliphatic rings. The Labute approximate surface area is 94.2 Å². The Hall–Kier alpha value is -0.870. The average molecular weight is 227 g/mol. The highest BCUT2D eigenvalue weighted by molar-refractivity contribution is 7.10. The highest BCUT2D eigenvalue weighted by Crippen LogP contribution is 2.23. The molecule has 1 rings (SSSR count). The van der Waals surface area contributed by atoms with Crippen LogP contribution in [0.5, 0.6) is 0 Å². The molecule has 1 aromatic heterocycles. The van der Waals surface area contributed by atoms with Gasteiger partial charge in [-0.1, -0.05) is 0 Å². The van der Waals surface area contributed by atoms with Crippen molar-refractivity contribution in [2.45, 2.75) is 39.8 Å². The van der Waals surface area contributed by atoms with Crippen molar-refractivity contribution in [3.63, 3.8) is 0 Å². The highest BCUT2D eigenvalue weighted by atomic mass is 32.1. The van der Waals surface area contributed by atoms with Crippen molar-refractivity contribution in [2.75, 3.05) is 0 Å². The predicted molar refractivity (Wildman–Crippen MR) is 62.1 cm³/mol. The molecule has 2 N–H and O–H groups in total. The number of hydrogen-bond acceptors (Lipinski definition) is 4. The Morgan fingerprint density at radius 3 is 2.53 bits per heavy atom. The van der Waals surface area contributed by atoms with Crippen LogP contribution in [-0.4, -0.2) is 11.6 Å². The van der Waals surface area contributed by atoms with Crippen LogP contribution in [0.25, 0.3) is 0 Å². The summed E-state index contributed by atoms with van der Waals surface area (Å²) in [6.07, 6.45) is 0. The van der Waals surface area contributed by atoms with Gasteiger partial charge in [0.2, 0.25) is 0 Å². The molecule has 0 aromatic carbocycles. The van der Waals surface area contributed by atoms with E-state index in [0.717, 1.165) is 10.4 Å². The molecule has 0 atom stereocenters. The van der Waals surface area contributed by atoms with Gasteiger partial charge in [-0.05, 0) is 33.3 Å². The molecule has 0 radical (unpaired) electrons. The van der Waals surface area contributed by atoms with E-state index >= 15 is 0 Å². The molecule has 0 saturated carbocycles. The Morgan fingerprint density at radius 2 is 2.13 bits per heavy atom. The lowest BCUT2D eigenvalue weighted by Crippen LogP contribution is -2.24. The maximum Gasteiger partial charge on any atom is 0.339 e. The maximum atomic E-state index is 11.8. The summed E-state index contributed by atoms with van der Waals surface area (Å²) in [5, 5.41) is 1.81. The summed E-state index contributed by atoms with van der Waals surface area (Å²) in [4.78, 5) is 12.8. The van der Waals surface area contributed by atoms with Gasteiger partial charge in [0, 0.05) is 16.8 Å². The van der Waals surface area contributed by atoms with Crippen molar-refractivity contribution in [1.29, 1.82) is 0 Å². The summed E-state index contributed by atoms with van der Waals surface area (Å²) < 4.78 is 5.29. The van der Waals surface area contributed by atoms with Crippen molar-refractivity contribution in [3.05, 3.63) is 21.4 Å². The fourth-order valence-corrected chi connectivity index (χ4v) is 2.11. The van der Waals surface area contributed by atoms with E-state index in [2.05, 4.69) is 0 Å². The summed E-state index contributed by atoms with van der Waals surface area (Å²) in [5.41, 5.74) is 6.68. The van der Waals surface area contributed by atoms with Crippen LogP contribution in [0.15, 0.2) is 5.38 Å². The lowest BCUT2D eigenvalue weighted by Gasteiger charge is -2.19. The van der Waals surface area contributed by atoms with E-state index in [-0.39, 0.29) is 5.97 Å². The zero-order chi connectivity index (χ0) is 11.6. The lowest BCUT2D eigenvalue weighted by atomic mass is 10.1. The standard InChI is InChI=1S/C11H17NO2S/c1-7-8(6-15-9(7)5-12)10(13)14-11(2,3)4/h6H,5,12H2,1-4H3. The van der Waals surface area contributed by atoms with Gasteiger partial charge in [-0.15, -0.1) is 11.3 Å². The molecule has 1 heterocycles. The number of rotatable bonds is 2. The topological polar surface area (TPSA) is 52.3 Å². The molecule has 84 valence electrons. The fraction of sp³-hybridized carbons (Fsp3) is 0.545. The number of hydrogen-bond donors (Lipinski definition) is 1. The quantitative estimate of drug-likeness (QED) is 0.790. The highest BCUT2D eigenvalue weighted by Gasteiger charge is 2.21. The molecule has 0 fully saturated rings. The molecule has 0 amide bonds. The second-order valence-electron chi connectivity index (χ2n) is 4.40. The Bertz CT molecular complexity index is 363. The molecule has 0 bridgehead atoms. The van der Waals surface area contributed by atoms with Crippen LogP contribution in [0.4, 0.5) is 0 Å². The molecule has 0 unspecified atom stereocenters. The number of esters is 1. The molecule has 3 nitrogen and oxygen atoms in total. The van der Waals surface area contributed by atoms with Crippen LogP contribution in [-0.2, 0) is 11.3 Å². The van der Waals surface area contributed by atoms with E-state index in [1.165, 1.54) is 11.3 Å². The van der Waals surface area contributed by atoms with Crippen LogP contribution in [0.3, 0.4) is 0 Å². The fourth-order valence-electron chi connectivity index (χ4n) is 1.19. The summed E-state index contributed by atoms with van der Waals surface area (Å²) >= 11 is 1.50. The number of thiophene rings is 1. The zero-order valence-corrected chi connectivity index (χ0v) is 10.4. The van der Waals surface area contributed by atoms with Crippen molar-refractivity contribution in [1.82, 2.24) is 0 Å². The molecular formula is C11H17NO2S. The van der Waals surface area contributed by atoms with Crippen LogP contribution in [0.2, 0.25) is 0 Å². The van der Waals surface area contributed by atoms with Gasteiger partial charge in [-0.25, -0.2) is 4.79 Å². The van der Waals surface area contributed by atoms with E-state index in [1.807, 2.05) is 33.1 Å². The number of ether oxygens (including phenoxy) is 1. The van der Waals surface area contributed by atoms with Crippen LogP contribution in [0.1, 0.15) is 41.6 Å². The maximum absolute atomic E-state index is 11.8. The largest absolute Gasteiger partial charge is 0.456 e. The van der Waals surface area contributed by atoms with E-state index in [0.29, 0.717) is 12.1 Å². The van der Waals surface area contributed by atoms with Crippen molar-refractivity contribution < 1.29 is 9.53 Å². The number of carbonyl (C=O) groups is 1. The van der Waals surface area contributed by atoms with Gasteiger partial charge in [0.1, 0.15) is 5.60 Å². The molecule has 1 aromatic rings. The van der Waals surface area contributed by atoms with Gasteiger partial charge >= 0.3 is 5.97 Å². The third-order valence-corrected chi connectivity index (χ3v) is 3.06. The van der Waals surface area contributed by atoms with Gasteiger partial charge in [-0.3, -0.25) is 0 Å². The van der Waals surface area contributed by atoms with Gasteiger partial charge in [-0.2, -0.15) is 0 Å². The predicted octanol–water partition coefficient (Wildman–Crippen LogP) is 2.47. The molecule has 0 spiro atoms. The minimum Gasteiger partial charge on any atom is -0.456 e. The minimum atomic E-state index is -0.450.